The highest BCUT2D eigenvalue weighted by Crippen LogP contribution is 2.07. The minimum atomic E-state index is -0.458. The van der Waals surface area contributed by atoms with E-state index in [1.165, 1.54) is 0 Å². The molecule has 1 heterocycles. The lowest BCUT2D eigenvalue weighted by Gasteiger charge is -2.13. The summed E-state index contributed by atoms with van der Waals surface area (Å²) >= 11 is 0. The third-order valence-corrected chi connectivity index (χ3v) is 2.13. The molecule has 1 atom stereocenters. The number of carbonyl (C=O) groups is 1. The van der Waals surface area contributed by atoms with Crippen LogP contribution in [0.15, 0.2) is 12.3 Å². The van der Waals surface area contributed by atoms with Crippen LogP contribution in [-0.4, -0.2) is 21.7 Å². The van der Waals surface area contributed by atoms with Crippen molar-refractivity contribution < 1.29 is 4.79 Å². The number of aromatic nitrogens is 2. The highest BCUT2D eigenvalue weighted by molar-refractivity contribution is 5.93. The summed E-state index contributed by atoms with van der Waals surface area (Å²) in [4.78, 5) is 11.6. The van der Waals surface area contributed by atoms with Crippen LogP contribution >= 0.6 is 0 Å². The van der Waals surface area contributed by atoms with Crippen LogP contribution in [0, 0.1) is 5.92 Å². The molecule has 5 nitrogen and oxygen atoms in total. The summed E-state index contributed by atoms with van der Waals surface area (Å²) in [5, 5.41) is 6.68. The van der Waals surface area contributed by atoms with Crippen molar-refractivity contribution >= 4 is 11.7 Å². The topological polar surface area (TPSA) is 72.9 Å². The first-order valence-corrected chi connectivity index (χ1v) is 5.05. The molecule has 0 aliphatic rings. The van der Waals surface area contributed by atoms with Gasteiger partial charge in [-0.1, -0.05) is 13.8 Å². The van der Waals surface area contributed by atoms with Gasteiger partial charge in [-0.2, -0.15) is 5.10 Å². The van der Waals surface area contributed by atoms with Gasteiger partial charge in [0.05, 0.1) is 12.2 Å². The first kappa shape index (κ1) is 11.7. The van der Waals surface area contributed by atoms with Crippen molar-refractivity contribution in [3.8, 4) is 0 Å². The van der Waals surface area contributed by atoms with Gasteiger partial charge in [-0.05, 0) is 12.3 Å². The molecule has 15 heavy (non-hydrogen) atoms. The summed E-state index contributed by atoms with van der Waals surface area (Å²) in [7, 11) is 1.77. The van der Waals surface area contributed by atoms with E-state index in [0.29, 0.717) is 18.2 Å². The predicted octanol–water partition coefficient (Wildman–Crippen LogP) is 0.732. The highest BCUT2D eigenvalue weighted by Gasteiger charge is 2.15. The summed E-state index contributed by atoms with van der Waals surface area (Å²) in [6, 6.07) is 1.28. The summed E-state index contributed by atoms with van der Waals surface area (Å²) < 4.78 is 1.60. The Morgan fingerprint density at radius 1 is 1.67 bits per heavy atom. The van der Waals surface area contributed by atoms with Crippen molar-refractivity contribution in [1.29, 1.82) is 0 Å². The zero-order chi connectivity index (χ0) is 11.4. The quantitative estimate of drug-likeness (QED) is 0.769. The van der Waals surface area contributed by atoms with Gasteiger partial charge in [0.2, 0.25) is 5.91 Å². The molecule has 0 aromatic carbocycles. The molecule has 1 aromatic rings. The molecule has 0 radical (unpaired) electrons. The monoisotopic (exact) mass is 210 g/mol. The van der Waals surface area contributed by atoms with E-state index >= 15 is 0 Å². The van der Waals surface area contributed by atoms with E-state index in [0.717, 1.165) is 0 Å². The number of nitrogens with two attached hydrogens (primary N) is 1. The maximum absolute atomic E-state index is 11.6. The molecule has 1 rings (SSSR count). The molecule has 0 spiro atoms. The van der Waals surface area contributed by atoms with Crippen LogP contribution in [0.3, 0.4) is 0 Å². The zero-order valence-electron chi connectivity index (χ0n) is 9.40. The highest BCUT2D eigenvalue weighted by atomic mass is 16.2. The number of rotatable bonds is 4. The maximum Gasteiger partial charge on any atom is 0.242 e. The number of carbonyl (C=O) groups excluding carboxylic acids is 1. The average molecular weight is 210 g/mol. The maximum atomic E-state index is 11.6. The predicted molar refractivity (Wildman–Crippen MR) is 59.3 cm³/mol. The van der Waals surface area contributed by atoms with Gasteiger partial charge in [-0.3, -0.25) is 9.48 Å². The summed E-state index contributed by atoms with van der Waals surface area (Å²) in [5.74, 6) is 0.920. The van der Waals surface area contributed by atoms with Gasteiger partial charge in [0.25, 0.3) is 0 Å². The largest absolute Gasteiger partial charge is 0.320 e. The minimum Gasteiger partial charge on any atom is -0.320 e. The van der Waals surface area contributed by atoms with Crippen molar-refractivity contribution in [3.05, 3.63) is 12.3 Å². The lowest BCUT2D eigenvalue weighted by Crippen LogP contribution is -2.37. The fourth-order valence-electron chi connectivity index (χ4n) is 1.33. The Labute approximate surface area is 89.6 Å². The Morgan fingerprint density at radius 2 is 2.33 bits per heavy atom. The first-order chi connectivity index (χ1) is 7.00. The lowest BCUT2D eigenvalue weighted by molar-refractivity contribution is -0.117. The Bertz CT molecular complexity index is 332. The number of hydrogen-bond donors (Lipinski definition) is 2. The summed E-state index contributed by atoms with van der Waals surface area (Å²) in [6.07, 6.45) is 2.31. The van der Waals surface area contributed by atoms with Crippen LogP contribution in [-0.2, 0) is 11.8 Å². The Morgan fingerprint density at radius 3 is 2.80 bits per heavy atom. The number of amides is 1. The van der Waals surface area contributed by atoms with Crippen molar-refractivity contribution in [1.82, 2.24) is 9.78 Å². The lowest BCUT2D eigenvalue weighted by atomic mass is 10.0. The molecule has 0 aliphatic carbocycles. The van der Waals surface area contributed by atoms with Gasteiger partial charge in [-0.25, -0.2) is 0 Å². The Balaban J connectivity index is 2.52. The van der Waals surface area contributed by atoms with E-state index in [2.05, 4.69) is 10.4 Å². The second kappa shape index (κ2) is 4.93. The standard InChI is InChI=1S/C10H18N4O/c1-7(2)6-8(11)10(15)13-9-4-5-12-14(9)3/h4-5,7-8H,6,11H2,1-3H3,(H,13,15)/t8-/m1/s1. The molecule has 0 aliphatic heterocycles. The molecular formula is C10H18N4O. The van der Waals surface area contributed by atoms with Gasteiger partial charge >= 0.3 is 0 Å². The van der Waals surface area contributed by atoms with E-state index in [9.17, 15) is 4.79 Å². The third-order valence-electron chi connectivity index (χ3n) is 2.13. The fraction of sp³-hybridized carbons (Fsp3) is 0.600. The van der Waals surface area contributed by atoms with Crippen molar-refractivity contribution in [2.24, 2.45) is 18.7 Å². The smallest absolute Gasteiger partial charge is 0.242 e. The molecule has 0 fully saturated rings. The van der Waals surface area contributed by atoms with Gasteiger partial charge < -0.3 is 11.1 Å². The number of nitrogens with zero attached hydrogens (tertiary/aromatic N) is 2. The molecule has 0 saturated heterocycles. The molecule has 3 N–H and O–H groups in total. The van der Waals surface area contributed by atoms with Gasteiger partial charge in [0.1, 0.15) is 5.82 Å². The molecule has 5 heteroatoms. The van der Waals surface area contributed by atoms with Gasteiger partial charge in [-0.15, -0.1) is 0 Å². The zero-order valence-corrected chi connectivity index (χ0v) is 9.40. The van der Waals surface area contributed by atoms with Crippen LogP contribution in [0.5, 0.6) is 0 Å². The fourth-order valence-corrected chi connectivity index (χ4v) is 1.33. The number of aryl methyl sites for hydroxylation is 1. The van der Waals surface area contributed by atoms with E-state index in [1.54, 1.807) is 24.0 Å². The molecule has 1 aromatic heterocycles. The number of nitrogens with one attached hydrogen (secondary N) is 1. The number of anilines is 1. The Hall–Kier alpha value is -1.36. The van der Waals surface area contributed by atoms with Gasteiger partial charge in [0.15, 0.2) is 0 Å². The van der Waals surface area contributed by atoms with Crippen LogP contribution in [0.25, 0.3) is 0 Å². The van der Waals surface area contributed by atoms with E-state index in [4.69, 9.17) is 5.73 Å². The molecule has 0 bridgehead atoms. The second-order valence-corrected chi connectivity index (χ2v) is 4.07. The van der Waals surface area contributed by atoms with Crippen LogP contribution in [0.4, 0.5) is 5.82 Å². The van der Waals surface area contributed by atoms with Crippen molar-refractivity contribution in [2.75, 3.05) is 5.32 Å². The molecular weight excluding hydrogens is 192 g/mol. The van der Waals surface area contributed by atoms with Crippen LogP contribution in [0.1, 0.15) is 20.3 Å². The van der Waals surface area contributed by atoms with E-state index in [-0.39, 0.29) is 5.91 Å². The SMILES string of the molecule is CC(C)C[C@@H](N)C(=O)Nc1ccnn1C. The van der Waals surface area contributed by atoms with E-state index in [1.807, 2.05) is 13.8 Å². The summed E-state index contributed by atoms with van der Waals surface area (Å²) in [5.41, 5.74) is 5.74. The van der Waals surface area contributed by atoms with Crippen LogP contribution in [0.2, 0.25) is 0 Å². The third kappa shape index (κ3) is 3.36. The normalized spacial score (nSPS) is 12.9. The van der Waals surface area contributed by atoms with Crippen LogP contribution < -0.4 is 11.1 Å². The first-order valence-electron chi connectivity index (χ1n) is 5.05. The molecule has 0 saturated carbocycles. The second-order valence-electron chi connectivity index (χ2n) is 4.07. The molecule has 1 amide bonds. The van der Waals surface area contributed by atoms with E-state index < -0.39 is 6.04 Å². The molecule has 84 valence electrons. The summed E-state index contributed by atoms with van der Waals surface area (Å²) in [6.45, 7) is 4.08. The molecule has 0 unspecified atom stereocenters. The van der Waals surface area contributed by atoms with Crippen molar-refractivity contribution in [3.63, 3.8) is 0 Å². The van der Waals surface area contributed by atoms with Gasteiger partial charge in [0, 0.05) is 13.1 Å². The Kier molecular flexibility index (Phi) is 3.85. The van der Waals surface area contributed by atoms with Crippen molar-refractivity contribution in [2.45, 2.75) is 26.3 Å². The average Bonchev–Trinajstić information content (AvgIpc) is 2.50. The number of hydrogen-bond acceptors (Lipinski definition) is 3. The minimum absolute atomic E-state index is 0.160.